The van der Waals surface area contributed by atoms with Gasteiger partial charge in [0.1, 0.15) is 6.10 Å². The van der Waals surface area contributed by atoms with Crippen LogP contribution in [0.1, 0.15) is 6.23 Å². The molecule has 1 saturated heterocycles. The lowest BCUT2D eigenvalue weighted by molar-refractivity contribution is -0.0553. The minimum absolute atomic E-state index is 0.217. The van der Waals surface area contributed by atoms with Gasteiger partial charge >= 0.3 is 48.9 Å². The summed E-state index contributed by atoms with van der Waals surface area (Å²) >= 11 is 0. The molecule has 3 aromatic rings. The first-order valence-corrected chi connectivity index (χ1v) is 20.8. The Balaban J connectivity index is 1.61. The van der Waals surface area contributed by atoms with Crippen LogP contribution in [0.25, 0.3) is 0 Å². The number of benzene rings is 2. The van der Waals surface area contributed by atoms with Gasteiger partial charge in [-0.2, -0.15) is 8.62 Å². The molecule has 2 amide bonds. The summed E-state index contributed by atoms with van der Waals surface area (Å²) in [5, 5.41) is 4.77. The van der Waals surface area contributed by atoms with E-state index in [2.05, 4.69) is 23.6 Å². The highest BCUT2D eigenvalue weighted by atomic mass is 31.3. The Bertz CT molecular complexity index is 2070. The van der Waals surface area contributed by atoms with Gasteiger partial charge in [0, 0.05) is 30.2 Å². The van der Waals surface area contributed by atoms with Crippen molar-refractivity contribution in [1.29, 1.82) is 0 Å². The van der Waals surface area contributed by atoms with Crippen molar-refractivity contribution >= 4 is 54.6 Å². The molecule has 0 saturated carbocycles. The number of nitrogens with two attached hydrogens (primary N) is 1. The van der Waals surface area contributed by atoms with E-state index in [1.807, 2.05) is 4.98 Å². The number of anilines is 2. The number of amides is 2. The highest BCUT2D eigenvalue weighted by molar-refractivity contribution is 7.70. The van der Waals surface area contributed by atoms with Gasteiger partial charge < -0.3 is 39.5 Å². The maximum atomic E-state index is 13.0. The second-order valence-electron chi connectivity index (χ2n) is 10.4. The molecule has 28 heteroatoms. The van der Waals surface area contributed by atoms with Crippen LogP contribution in [0.3, 0.4) is 0 Å². The Morgan fingerprint density at radius 2 is 1.28 bits per heavy atom. The van der Waals surface area contributed by atoms with Gasteiger partial charge in [0.25, 0.3) is 5.56 Å². The summed E-state index contributed by atoms with van der Waals surface area (Å²) < 4.78 is 82.8. The molecule has 0 spiro atoms. The first-order valence-electron chi connectivity index (χ1n) is 14.6. The average Bonchev–Trinajstić information content (AvgIpc) is 3.34. The number of hydrogen-bond acceptors (Lipinski definition) is 16. The second-order valence-corrected chi connectivity index (χ2v) is 17.2. The number of phosphoric ester groups is 1. The van der Waals surface area contributed by atoms with E-state index >= 15 is 0 Å². The molecule has 8 atom stereocenters. The number of aromatic nitrogens is 2. The van der Waals surface area contributed by atoms with Crippen LogP contribution in [0.2, 0.25) is 0 Å². The standard InChI is InChI=1S/C25H31N5O19P4/c26-12-14-50(35,36)47-52(39,40)49-53(41,42)48-51(37,38)43-15-18-20(45-24(33)27-16-7-3-1-4-8-16)21(46-25(34)28-17-9-5-2-6-10-17)22(44-18)30-13-11-19(31)29-23(30)32/h1-11,13,18,20-22H,12,14-15,26H2,(H,27,33)(H,28,34)(H,35,36)(H,37,38)(H,39,40)(H,41,42)(H,29,31,32). The minimum Gasteiger partial charge on any atom is -0.439 e. The topological polar surface area (TPSA) is 353 Å². The normalized spacial score (nSPS) is 23.0. The molecule has 1 aliphatic heterocycles. The van der Waals surface area contributed by atoms with Crippen LogP contribution in [0.15, 0.2) is 82.5 Å². The quantitative estimate of drug-likeness (QED) is 0.0959. The van der Waals surface area contributed by atoms with Gasteiger partial charge in [-0.15, -0.1) is 0 Å². The lowest BCUT2D eigenvalue weighted by Gasteiger charge is -2.25. The number of hydrogen-bond donors (Lipinski definition) is 8. The van der Waals surface area contributed by atoms with Gasteiger partial charge in [0.15, 0.2) is 18.4 Å². The molecular formula is C25H31N5O19P4. The first kappa shape index (κ1) is 41.9. The van der Waals surface area contributed by atoms with Crippen molar-refractivity contribution in [3.05, 3.63) is 93.8 Å². The van der Waals surface area contributed by atoms with E-state index in [4.69, 9.17) is 24.5 Å². The van der Waals surface area contributed by atoms with Crippen LogP contribution in [0.5, 0.6) is 0 Å². The molecule has 53 heavy (non-hydrogen) atoms. The molecule has 0 aliphatic carbocycles. The van der Waals surface area contributed by atoms with Gasteiger partial charge in [-0.3, -0.25) is 34.1 Å². The highest BCUT2D eigenvalue weighted by Crippen LogP contribution is 2.71. The molecule has 0 radical (unpaired) electrons. The summed E-state index contributed by atoms with van der Waals surface area (Å²) in [6.07, 6.45) is -9.62. The number of H-pyrrole nitrogens is 1. The predicted molar refractivity (Wildman–Crippen MR) is 178 cm³/mol. The number of phosphoric acid groups is 3. The zero-order chi connectivity index (χ0) is 39.0. The number of nitrogens with zero attached hydrogens (tertiary/aromatic N) is 1. The summed E-state index contributed by atoms with van der Waals surface area (Å²) in [6.45, 7) is -1.77. The molecule has 1 aromatic heterocycles. The summed E-state index contributed by atoms with van der Waals surface area (Å²) in [7, 11) is -22.9. The highest BCUT2D eigenvalue weighted by Gasteiger charge is 2.53. The number of carbonyl (C=O) groups is 2. The Hall–Kier alpha value is -3.82. The van der Waals surface area contributed by atoms with Crippen molar-refractivity contribution in [3.8, 4) is 0 Å². The van der Waals surface area contributed by atoms with Crippen molar-refractivity contribution in [1.82, 2.24) is 9.55 Å². The molecule has 24 nitrogen and oxygen atoms in total. The maximum Gasteiger partial charge on any atom is 0.490 e. The smallest absolute Gasteiger partial charge is 0.439 e. The van der Waals surface area contributed by atoms with Gasteiger partial charge in [-0.05, 0) is 24.3 Å². The fourth-order valence-corrected chi connectivity index (χ4v) is 9.72. The van der Waals surface area contributed by atoms with E-state index in [-0.39, 0.29) is 11.4 Å². The zero-order valence-corrected chi connectivity index (χ0v) is 30.2. The Morgan fingerprint density at radius 3 is 1.81 bits per heavy atom. The molecular weight excluding hydrogens is 798 g/mol. The lowest BCUT2D eigenvalue weighted by Crippen LogP contribution is -2.44. The molecule has 2 heterocycles. The van der Waals surface area contributed by atoms with Crippen LogP contribution < -0.4 is 27.6 Å². The number of aromatic amines is 1. The number of nitrogens with one attached hydrogen (secondary N) is 3. The molecule has 290 valence electrons. The number of ether oxygens (including phenoxy) is 3. The third kappa shape index (κ3) is 12.9. The van der Waals surface area contributed by atoms with Crippen molar-refractivity contribution < 1.29 is 79.1 Å². The van der Waals surface area contributed by atoms with Gasteiger partial charge in [-0.1, -0.05) is 36.4 Å². The molecule has 2 aromatic carbocycles. The predicted octanol–water partition coefficient (Wildman–Crippen LogP) is 2.18. The SMILES string of the molecule is NCCP(=O)(O)OP(=O)(O)OP(=O)(O)OP(=O)(O)OCC1OC(n2ccc(=O)[nH]c2=O)C(OC(=O)Nc2ccccc2)C1OC(=O)Nc1ccccc1. The number of carbonyl (C=O) groups excluding carboxylic acids is 2. The van der Waals surface area contributed by atoms with Gasteiger partial charge in [0.05, 0.1) is 12.8 Å². The van der Waals surface area contributed by atoms with E-state index < -0.39 is 98.4 Å². The van der Waals surface area contributed by atoms with Gasteiger partial charge in [0.2, 0.25) is 0 Å². The summed E-state index contributed by atoms with van der Waals surface area (Å²) in [5.41, 5.74) is 3.58. The van der Waals surface area contributed by atoms with Crippen LogP contribution in [-0.2, 0) is 49.9 Å². The molecule has 4 rings (SSSR count). The molecule has 0 bridgehead atoms. The van der Waals surface area contributed by atoms with Crippen molar-refractivity contribution in [3.63, 3.8) is 0 Å². The van der Waals surface area contributed by atoms with E-state index in [1.54, 1.807) is 36.4 Å². The second kappa shape index (κ2) is 17.5. The first-order chi connectivity index (χ1) is 24.8. The van der Waals surface area contributed by atoms with E-state index in [9.17, 15) is 57.0 Å². The lowest BCUT2D eigenvalue weighted by atomic mass is 10.1. The molecule has 9 N–H and O–H groups in total. The van der Waals surface area contributed by atoms with Crippen molar-refractivity contribution in [2.24, 2.45) is 5.73 Å². The van der Waals surface area contributed by atoms with E-state index in [0.29, 0.717) is 4.57 Å². The summed E-state index contributed by atoms with van der Waals surface area (Å²) in [6, 6.07) is 16.4. The molecule has 1 fully saturated rings. The fraction of sp³-hybridized carbons (Fsp3) is 0.280. The summed E-state index contributed by atoms with van der Waals surface area (Å²) in [5.74, 6) is 0. The van der Waals surface area contributed by atoms with Crippen LogP contribution in [0.4, 0.5) is 21.0 Å². The van der Waals surface area contributed by atoms with Gasteiger partial charge in [-0.25, -0.2) is 32.4 Å². The molecule has 8 unspecified atom stereocenters. The van der Waals surface area contributed by atoms with E-state index in [0.717, 1.165) is 12.3 Å². The van der Waals surface area contributed by atoms with Crippen LogP contribution >= 0.6 is 31.1 Å². The number of para-hydroxylation sites is 2. The van der Waals surface area contributed by atoms with Crippen molar-refractivity contribution in [2.75, 3.05) is 29.9 Å². The Morgan fingerprint density at radius 1 is 0.774 bits per heavy atom. The van der Waals surface area contributed by atoms with Crippen molar-refractivity contribution in [2.45, 2.75) is 24.5 Å². The third-order valence-electron chi connectivity index (χ3n) is 6.39. The zero-order valence-electron chi connectivity index (χ0n) is 26.6. The average molecular weight is 829 g/mol. The third-order valence-corrected chi connectivity index (χ3v) is 12.8. The summed E-state index contributed by atoms with van der Waals surface area (Å²) in [4.78, 5) is 91.8. The monoisotopic (exact) mass is 829 g/mol. The van der Waals surface area contributed by atoms with E-state index in [1.165, 1.54) is 24.3 Å². The number of rotatable bonds is 16. The Labute approximate surface area is 297 Å². The van der Waals surface area contributed by atoms with Crippen LogP contribution in [0, 0.1) is 0 Å². The largest absolute Gasteiger partial charge is 0.490 e. The fourth-order valence-electron chi connectivity index (χ4n) is 4.39. The Kier molecular flexibility index (Phi) is 13.9. The maximum absolute atomic E-state index is 13.0. The minimum atomic E-state index is -6.15. The molecule has 1 aliphatic rings. The van der Waals surface area contributed by atoms with Crippen LogP contribution in [-0.4, -0.2) is 78.9 Å².